The molecular weight excluding hydrogens is 308 g/mol. The molecule has 0 aromatic heterocycles. The standard InChI is InChI=1S/C14H15BrN2S/c15-17-14(16)18-13(11-7-3-1-4-8-11)12-9-5-2-6-10-12/h1-10,13,17-18H,16H2. The molecule has 0 aliphatic heterocycles. The van der Waals surface area contributed by atoms with Gasteiger partial charge in [0.25, 0.3) is 0 Å². The fraction of sp³-hybridized carbons (Fsp3) is 0.0714. The van der Waals surface area contributed by atoms with Crippen LogP contribution in [0.3, 0.4) is 0 Å². The lowest BCUT2D eigenvalue weighted by molar-refractivity contribution is 1.16. The first-order valence-electron chi connectivity index (χ1n) is 5.61. The SMILES string of the molecule is NC(NBr)=[SH]C(c1ccccc1)c1ccccc1. The zero-order valence-electron chi connectivity index (χ0n) is 9.75. The van der Waals surface area contributed by atoms with Crippen LogP contribution in [0.2, 0.25) is 0 Å². The van der Waals surface area contributed by atoms with Crippen LogP contribution in [0.4, 0.5) is 0 Å². The molecule has 0 aliphatic rings. The van der Waals surface area contributed by atoms with Gasteiger partial charge in [0, 0.05) is 21.4 Å². The first-order valence-corrected chi connectivity index (χ1v) is 7.36. The van der Waals surface area contributed by atoms with Gasteiger partial charge >= 0.3 is 0 Å². The third-order valence-corrected chi connectivity index (χ3v) is 4.57. The molecule has 4 heteroatoms. The summed E-state index contributed by atoms with van der Waals surface area (Å²) in [5.41, 5.74) is 8.42. The molecular formula is C14H15BrN2S. The molecule has 3 N–H and O–H groups in total. The first-order chi connectivity index (χ1) is 8.81. The molecule has 0 amide bonds. The second-order valence-electron chi connectivity index (χ2n) is 3.83. The van der Waals surface area contributed by atoms with E-state index >= 15 is 0 Å². The lowest BCUT2D eigenvalue weighted by Gasteiger charge is -2.15. The molecule has 0 aliphatic carbocycles. The van der Waals surface area contributed by atoms with E-state index in [4.69, 9.17) is 5.73 Å². The highest BCUT2D eigenvalue weighted by Gasteiger charge is 2.10. The second kappa shape index (κ2) is 6.85. The monoisotopic (exact) mass is 322 g/mol. The molecule has 0 radical (unpaired) electrons. The van der Waals surface area contributed by atoms with Crippen molar-refractivity contribution in [3.05, 3.63) is 71.8 Å². The molecule has 0 saturated carbocycles. The minimum atomic E-state index is 0.248. The van der Waals surface area contributed by atoms with Crippen molar-refractivity contribution in [3.63, 3.8) is 0 Å². The fourth-order valence-corrected chi connectivity index (χ4v) is 3.05. The summed E-state index contributed by atoms with van der Waals surface area (Å²) in [6.07, 6.45) is 0. The number of rotatable bonds is 3. The Morgan fingerprint density at radius 1 is 0.944 bits per heavy atom. The highest BCUT2D eigenvalue weighted by molar-refractivity contribution is 9.08. The van der Waals surface area contributed by atoms with Crippen LogP contribution >= 0.6 is 27.5 Å². The van der Waals surface area contributed by atoms with E-state index in [-0.39, 0.29) is 5.25 Å². The van der Waals surface area contributed by atoms with Crippen molar-refractivity contribution in [2.45, 2.75) is 5.25 Å². The molecule has 0 atom stereocenters. The normalized spacial score (nSPS) is 12.3. The summed E-state index contributed by atoms with van der Waals surface area (Å²) in [5, 5.41) is 0.949. The van der Waals surface area contributed by atoms with Crippen LogP contribution in [-0.4, -0.2) is 5.11 Å². The summed E-state index contributed by atoms with van der Waals surface area (Å²) in [6, 6.07) is 20.8. The molecule has 2 rings (SSSR count). The lowest BCUT2D eigenvalue weighted by Crippen LogP contribution is -2.21. The topological polar surface area (TPSA) is 38.0 Å². The number of benzene rings is 2. The van der Waals surface area contributed by atoms with Crippen molar-refractivity contribution >= 4 is 32.6 Å². The molecule has 0 saturated heterocycles. The maximum Gasteiger partial charge on any atom is 0.0883 e. The van der Waals surface area contributed by atoms with Gasteiger partial charge in [-0.05, 0) is 11.1 Å². The minimum Gasteiger partial charge on any atom is -0.288 e. The van der Waals surface area contributed by atoms with Crippen molar-refractivity contribution in [1.82, 2.24) is 4.34 Å². The summed E-state index contributed by atoms with van der Waals surface area (Å²) in [4.78, 5) is 0. The smallest absolute Gasteiger partial charge is 0.0883 e. The molecule has 94 valence electrons. The van der Waals surface area contributed by atoms with Gasteiger partial charge < -0.3 is 0 Å². The highest BCUT2D eigenvalue weighted by atomic mass is 79.9. The highest BCUT2D eigenvalue weighted by Crippen LogP contribution is 2.31. The van der Waals surface area contributed by atoms with E-state index in [0.29, 0.717) is 5.11 Å². The lowest BCUT2D eigenvalue weighted by atomic mass is 10.0. The molecule has 2 aromatic carbocycles. The first kappa shape index (κ1) is 13.5. The van der Waals surface area contributed by atoms with E-state index in [2.05, 4.69) is 69.0 Å². The maximum absolute atomic E-state index is 5.89. The zero-order valence-corrected chi connectivity index (χ0v) is 12.2. The number of nitrogens with one attached hydrogen (secondary N) is 1. The van der Waals surface area contributed by atoms with E-state index in [1.807, 2.05) is 12.1 Å². The predicted molar refractivity (Wildman–Crippen MR) is 85.0 cm³/mol. The van der Waals surface area contributed by atoms with Crippen LogP contribution in [0.25, 0.3) is 0 Å². The molecule has 2 nitrogen and oxygen atoms in total. The minimum absolute atomic E-state index is 0.248. The van der Waals surface area contributed by atoms with E-state index in [1.54, 1.807) is 0 Å². The maximum atomic E-state index is 5.89. The Balaban J connectivity index is 2.42. The van der Waals surface area contributed by atoms with E-state index < -0.39 is 0 Å². The summed E-state index contributed by atoms with van der Waals surface area (Å²) < 4.78 is 2.83. The van der Waals surface area contributed by atoms with E-state index in [9.17, 15) is 0 Å². The van der Waals surface area contributed by atoms with Crippen molar-refractivity contribution in [3.8, 4) is 0 Å². The Labute approximate surface area is 120 Å². The number of hydrogen-bond acceptors (Lipinski definition) is 0. The van der Waals surface area contributed by atoms with Crippen LogP contribution < -0.4 is 10.1 Å². The van der Waals surface area contributed by atoms with Crippen molar-refractivity contribution in [2.24, 2.45) is 5.73 Å². The third kappa shape index (κ3) is 3.53. The average Bonchev–Trinajstić information content (AvgIpc) is 2.46. The molecule has 18 heavy (non-hydrogen) atoms. The van der Waals surface area contributed by atoms with Gasteiger partial charge in [-0.3, -0.25) is 5.73 Å². The molecule has 0 unspecified atom stereocenters. The largest absolute Gasteiger partial charge is 0.288 e. The number of thiol groups is 1. The number of halogens is 1. The predicted octanol–water partition coefficient (Wildman–Crippen LogP) is 3.19. The van der Waals surface area contributed by atoms with E-state index in [0.717, 1.165) is 11.4 Å². The Morgan fingerprint density at radius 2 is 1.39 bits per heavy atom. The Hall–Kier alpha value is -0.940. The van der Waals surface area contributed by atoms with Crippen molar-refractivity contribution in [2.75, 3.05) is 0 Å². The quantitative estimate of drug-likeness (QED) is 0.461. The summed E-state index contributed by atoms with van der Waals surface area (Å²) in [6.45, 7) is 0. The van der Waals surface area contributed by atoms with Gasteiger partial charge in [0.1, 0.15) is 0 Å². The van der Waals surface area contributed by atoms with Crippen molar-refractivity contribution in [1.29, 1.82) is 0 Å². The van der Waals surface area contributed by atoms with Crippen LogP contribution in [0.1, 0.15) is 16.4 Å². The zero-order chi connectivity index (χ0) is 12.8. The van der Waals surface area contributed by atoms with Gasteiger partial charge in [-0.15, -0.1) is 0 Å². The van der Waals surface area contributed by atoms with Gasteiger partial charge in [-0.2, -0.15) is 11.4 Å². The number of nitrogens with two attached hydrogens (primary N) is 1. The Kier molecular flexibility index (Phi) is 5.13. The molecule has 0 spiro atoms. The van der Waals surface area contributed by atoms with Gasteiger partial charge in [0.15, 0.2) is 0 Å². The van der Waals surface area contributed by atoms with Crippen molar-refractivity contribution < 1.29 is 0 Å². The van der Waals surface area contributed by atoms with E-state index in [1.165, 1.54) is 11.1 Å². The molecule has 2 aromatic rings. The van der Waals surface area contributed by atoms with Gasteiger partial charge in [-0.25, -0.2) is 4.34 Å². The summed E-state index contributed by atoms with van der Waals surface area (Å²) in [7, 11) is 0. The third-order valence-electron chi connectivity index (χ3n) is 2.60. The Morgan fingerprint density at radius 3 is 1.78 bits per heavy atom. The summed E-state index contributed by atoms with van der Waals surface area (Å²) >= 11 is 4.21. The van der Waals surface area contributed by atoms with Crippen LogP contribution in [0.15, 0.2) is 60.7 Å². The molecule has 0 fully saturated rings. The Bertz CT molecular complexity index is 474. The second-order valence-corrected chi connectivity index (χ2v) is 5.49. The average molecular weight is 323 g/mol. The molecule has 0 heterocycles. The van der Waals surface area contributed by atoms with Crippen LogP contribution in [-0.2, 0) is 0 Å². The fourth-order valence-electron chi connectivity index (χ4n) is 1.78. The van der Waals surface area contributed by atoms with Crippen LogP contribution in [0, 0.1) is 0 Å². The van der Waals surface area contributed by atoms with Gasteiger partial charge in [0.2, 0.25) is 0 Å². The number of hydrogen-bond donors (Lipinski definition) is 3. The molecule has 0 bridgehead atoms. The van der Waals surface area contributed by atoms with Crippen LogP contribution in [0.5, 0.6) is 0 Å². The summed E-state index contributed by atoms with van der Waals surface area (Å²) in [5.74, 6) is 0. The van der Waals surface area contributed by atoms with Gasteiger partial charge in [0.05, 0.1) is 5.11 Å². The van der Waals surface area contributed by atoms with Gasteiger partial charge in [-0.1, -0.05) is 60.7 Å².